The molecule has 0 saturated heterocycles. The first-order valence-electron chi connectivity index (χ1n) is 5.17. The van der Waals surface area contributed by atoms with E-state index in [4.69, 9.17) is 8.94 Å². The number of nitrogens with zero attached hydrogens (tertiary/aromatic N) is 5. The number of rotatable bonds is 4. The lowest BCUT2D eigenvalue weighted by molar-refractivity contribution is 0.413. The SMILES string of the molecule is Cn1nnnc1SCc1cc(-c2ccco2)on1. The summed E-state index contributed by atoms with van der Waals surface area (Å²) in [5.41, 5.74) is 0.814. The topological polar surface area (TPSA) is 82.8 Å². The van der Waals surface area contributed by atoms with Gasteiger partial charge in [0.2, 0.25) is 10.9 Å². The van der Waals surface area contributed by atoms with Gasteiger partial charge in [-0.25, -0.2) is 4.68 Å². The van der Waals surface area contributed by atoms with Gasteiger partial charge in [-0.2, -0.15) is 0 Å². The Morgan fingerprint density at radius 3 is 3.06 bits per heavy atom. The summed E-state index contributed by atoms with van der Waals surface area (Å²) in [6.07, 6.45) is 1.59. The van der Waals surface area contributed by atoms with Crippen molar-refractivity contribution in [2.24, 2.45) is 7.05 Å². The molecule has 8 heteroatoms. The second-order valence-electron chi connectivity index (χ2n) is 3.53. The van der Waals surface area contributed by atoms with Crippen LogP contribution >= 0.6 is 11.8 Å². The molecule has 0 unspecified atom stereocenters. The molecule has 0 atom stereocenters. The first-order chi connectivity index (χ1) is 8.83. The normalized spacial score (nSPS) is 10.9. The number of furan rings is 1. The molecule has 0 fully saturated rings. The second-order valence-corrected chi connectivity index (χ2v) is 4.48. The van der Waals surface area contributed by atoms with E-state index in [-0.39, 0.29) is 0 Å². The molecule has 3 heterocycles. The number of tetrazole rings is 1. The Bertz CT molecular complexity index is 630. The van der Waals surface area contributed by atoms with E-state index in [0.29, 0.717) is 17.3 Å². The number of hydrogen-bond donors (Lipinski definition) is 0. The second kappa shape index (κ2) is 4.65. The van der Waals surface area contributed by atoms with Crippen LogP contribution in [-0.4, -0.2) is 25.4 Å². The van der Waals surface area contributed by atoms with E-state index in [0.717, 1.165) is 10.9 Å². The molecule has 0 bridgehead atoms. The summed E-state index contributed by atoms with van der Waals surface area (Å²) in [5.74, 6) is 1.92. The Kier molecular flexibility index (Phi) is 2.85. The first kappa shape index (κ1) is 11.0. The lowest BCUT2D eigenvalue weighted by atomic mass is 10.3. The van der Waals surface area contributed by atoms with Crippen molar-refractivity contribution in [3.05, 3.63) is 30.2 Å². The minimum atomic E-state index is 0.617. The van der Waals surface area contributed by atoms with Gasteiger partial charge < -0.3 is 8.94 Å². The van der Waals surface area contributed by atoms with Gasteiger partial charge in [0, 0.05) is 18.9 Å². The number of aryl methyl sites for hydroxylation is 1. The van der Waals surface area contributed by atoms with Crippen LogP contribution in [0.3, 0.4) is 0 Å². The maximum atomic E-state index is 5.23. The van der Waals surface area contributed by atoms with Crippen LogP contribution in [0.2, 0.25) is 0 Å². The number of hydrogen-bond acceptors (Lipinski definition) is 7. The third-order valence-electron chi connectivity index (χ3n) is 2.25. The maximum absolute atomic E-state index is 5.23. The molecule has 92 valence electrons. The molecular formula is C10H9N5O2S. The Hall–Kier alpha value is -2.09. The highest BCUT2D eigenvalue weighted by Crippen LogP contribution is 2.24. The van der Waals surface area contributed by atoms with E-state index in [9.17, 15) is 0 Å². The molecule has 3 aromatic heterocycles. The lowest BCUT2D eigenvalue weighted by Crippen LogP contribution is -1.93. The van der Waals surface area contributed by atoms with Crippen LogP contribution in [-0.2, 0) is 12.8 Å². The Morgan fingerprint density at radius 1 is 1.39 bits per heavy atom. The first-order valence-corrected chi connectivity index (χ1v) is 6.16. The lowest BCUT2D eigenvalue weighted by Gasteiger charge is -1.94. The smallest absolute Gasteiger partial charge is 0.209 e. The van der Waals surface area contributed by atoms with Gasteiger partial charge in [0.05, 0.1) is 12.0 Å². The highest BCUT2D eigenvalue weighted by atomic mass is 32.2. The Morgan fingerprint density at radius 2 is 2.33 bits per heavy atom. The minimum absolute atomic E-state index is 0.617. The van der Waals surface area contributed by atoms with Gasteiger partial charge in [0.25, 0.3) is 0 Å². The van der Waals surface area contributed by atoms with E-state index < -0.39 is 0 Å². The zero-order valence-corrected chi connectivity index (χ0v) is 10.3. The van der Waals surface area contributed by atoms with Crippen molar-refractivity contribution in [1.29, 1.82) is 0 Å². The predicted octanol–water partition coefficient (Wildman–Crippen LogP) is 1.75. The van der Waals surface area contributed by atoms with Crippen molar-refractivity contribution in [2.45, 2.75) is 10.9 Å². The third-order valence-corrected chi connectivity index (χ3v) is 3.30. The van der Waals surface area contributed by atoms with Crippen molar-refractivity contribution in [3.63, 3.8) is 0 Å². The standard InChI is InChI=1S/C10H9N5O2S/c1-15-10(11-13-14-15)18-6-7-5-9(17-12-7)8-3-2-4-16-8/h2-5H,6H2,1H3. The fraction of sp³-hybridized carbons (Fsp3) is 0.200. The van der Waals surface area contributed by atoms with Gasteiger partial charge >= 0.3 is 0 Å². The van der Waals surface area contributed by atoms with Crippen LogP contribution < -0.4 is 0 Å². The maximum Gasteiger partial charge on any atom is 0.209 e. The molecule has 0 aromatic carbocycles. The summed E-state index contributed by atoms with van der Waals surface area (Å²) in [6.45, 7) is 0. The van der Waals surface area contributed by atoms with Gasteiger partial charge in [-0.1, -0.05) is 16.9 Å². The van der Waals surface area contributed by atoms with Crippen LogP contribution in [0, 0.1) is 0 Å². The molecule has 0 amide bonds. The summed E-state index contributed by atoms with van der Waals surface area (Å²) in [5, 5.41) is 15.9. The fourth-order valence-corrected chi connectivity index (χ4v) is 2.13. The van der Waals surface area contributed by atoms with E-state index in [1.165, 1.54) is 11.8 Å². The molecule has 0 aliphatic carbocycles. The van der Waals surface area contributed by atoms with E-state index >= 15 is 0 Å². The minimum Gasteiger partial charge on any atom is -0.461 e. The molecule has 3 rings (SSSR count). The quantitative estimate of drug-likeness (QED) is 0.663. The molecule has 3 aromatic rings. The number of aromatic nitrogens is 5. The molecule has 7 nitrogen and oxygen atoms in total. The monoisotopic (exact) mass is 263 g/mol. The zero-order valence-electron chi connectivity index (χ0n) is 9.48. The van der Waals surface area contributed by atoms with E-state index in [1.54, 1.807) is 24.1 Å². The highest BCUT2D eigenvalue weighted by molar-refractivity contribution is 7.98. The molecule has 0 aliphatic rings. The summed E-state index contributed by atoms with van der Waals surface area (Å²) < 4.78 is 12.0. The molecule has 0 saturated carbocycles. The van der Waals surface area contributed by atoms with E-state index in [2.05, 4.69) is 20.7 Å². The summed E-state index contributed by atoms with van der Waals surface area (Å²) in [7, 11) is 1.79. The van der Waals surface area contributed by atoms with Crippen LogP contribution in [0.5, 0.6) is 0 Å². The van der Waals surface area contributed by atoms with Crippen LogP contribution in [0.4, 0.5) is 0 Å². The summed E-state index contributed by atoms with van der Waals surface area (Å²) in [6, 6.07) is 5.47. The van der Waals surface area contributed by atoms with Crippen LogP contribution in [0.25, 0.3) is 11.5 Å². The average molecular weight is 263 g/mol. The van der Waals surface area contributed by atoms with Crippen LogP contribution in [0.1, 0.15) is 5.69 Å². The highest BCUT2D eigenvalue weighted by Gasteiger charge is 2.10. The molecule has 0 spiro atoms. The van der Waals surface area contributed by atoms with Gasteiger partial charge in [0.15, 0.2) is 5.76 Å². The summed E-state index contributed by atoms with van der Waals surface area (Å²) in [4.78, 5) is 0. The molecule has 0 radical (unpaired) electrons. The average Bonchev–Trinajstić information content (AvgIpc) is 3.08. The van der Waals surface area contributed by atoms with Crippen molar-refractivity contribution in [2.75, 3.05) is 0 Å². The predicted molar refractivity (Wildman–Crippen MR) is 62.6 cm³/mol. The summed E-state index contributed by atoms with van der Waals surface area (Å²) >= 11 is 1.49. The molecular weight excluding hydrogens is 254 g/mol. The van der Waals surface area contributed by atoms with Crippen molar-refractivity contribution in [3.8, 4) is 11.5 Å². The van der Waals surface area contributed by atoms with Gasteiger partial charge in [-0.15, -0.1) is 5.10 Å². The largest absolute Gasteiger partial charge is 0.461 e. The molecule has 0 N–H and O–H groups in total. The molecule has 18 heavy (non-hydrogen) atoms. The Balaban J connectivity index is 1.69. The zero-order chi connectivity index (χ0) is 12.4. The third kappa shape index (κ3) is 2.14. The van der Waals surface area contributed by atoms with Crippen molar-refractivity contribution in [1.82, 2.24) is 25.4 Å². The number of thioether (sulfide) groups is 1. The van der Waals surface area contributed by atoms with Gasteiger partial charge in [-0.3, -0.25) is 0 Å². The van der Waals surface area contributed by atoms with E-state index in [1.807, 2.05) is 12.1 Å². The Labute approximate surface area is 106 Å². The van der Waals surface area contributed by atoms with Gasteiger partial charge in [-0.05, 0) is 22.6 Å². The fourth-order valence-electron chi connectivity index (χ4n) is 1.40. The van der Waals surface area contributed by atoms with Gasteiger partial charge in [0.1, 0.15) is 0 Å². The van der Waals surface area contributed by atoms with Crippen molar-refractivity contribution < 1.29 is 8.94 Å². The van der Waals surface area contributed by atoms with Crippen molar-refractivity contribution >= 4 is 11.8 Å². The van der Waals surface area contributed by atoms with Crippen LogP contribution in [0.15, 0.2) is 38.6 Å². The molecule has 0 aliphatic heterocycles.